The number of amides is 1. The number of nitrogens with two attached hydrogens (primary N) is 1. The lowest BCUT2D eigenvalue weighted by Crippen LogP contribution is -2.13. The third-order valence-corrected chi connectivity index (χ3v) is 2.11. The Balaban J connectivity index is 2.87. The summed E-state index contributed by atoms with van der Waals surface area (Å²) in [7, 11) is 3.85. The largest absolute Gasteiger partial charge is 0.397 e. The average molecular weight is 207 g/mol. The van der Waals surface area contributed by atoms with Crippen molar-refractivity contribution in [1.29, 1.82) is 0 Å². The molecule has 15 heavy (non-hydrogen) atoms. The van der Waals surface area contributed by atoms with Gasteiger partial charge in [-0.25, -0.2) is 0 Å². The summed E-state index contributed by atoms with van der Waals surface area (Å²) < 4.78 is 0. The summed E-state index contributed by atoms with van der Waals surface area (Å²) in [5.41, 5.74) is 8.20. The van der Waals surface area contributed by atoms with Gasteiger partial charge in [0, 0.05) is 26.2 Å². The minimum absolute atomic E-state index is 0.00740. The molecule has 1 amide bonds. The molecule has 82 valence electrons. The van der Waals surface area contributed by atoms with Gasteiger partial charge in [-0.05, 0) is 18.2 Å². The highest BCUT2D eigenvalue weighted by atomic mass is 16.1. The average Bonchev–Trinajstić information content (AvgIpc) is 2.17. The summed E-state index contributed by atoms with van der Waals surface area (Å²) >= 11 is 0. The predicted octanol–water partition coefficient (Wildman–Crippen LogP) is 1.68. The number of anilines is 3. The molecule has 4 heteroatoms. The number of nitrogens with one attached hydrogen (secondary N) is 1. The zero-order chi connectivity index (χ0) is 11.4. The molecule has 0 bridgehead atoms. The Bertz CT molecular complexity index is 361. The maximum atomic E-state index is 11.1. The van der Waals surface area contributed by atoms with E-state index in [0.29, 0.717) is 12.1 Å². The fraction of sp³-hybridized carbons (Fsp3) is 0.364. The van der Waals surface area contributed by atoms with E-state index in [0.717, 1.165) is 11.4 Å². The molecule has 0 fully saturated rings. The van der Waals surface area contributed by atoms with Crippen LogP contribution in [0.3, 0.4) is 0 Å². The second-order valence-corrected chi connectivity index (χ2v) is 3.57. The SMILES string of the molecule is CCC(=O)Nc1ccc(N(C)C)c(N)c1. The van der Waals surface area contributed by atoms with Gasteiger partial charge in [0.1, 0.15) is 0 Å². The van der Waals surface area contributed by atoms with Crippen molar-refractivity contribution in [3.05, 3.63) is 18.2 Å². The molecule has 3 N–H and O–H groups in total. The van der Waals surface area contributed by atoms with Gasteiger partial charge in [-0.15, -0.1) is 0 Å². The van der Waals surface area contributed by atoms with Gasteiger partial charge in [-0.3, -0.25) is 4.79 Å². The molecule has 1 aromatic rings. The molecule has 0 heterocycles. The summed E-state index contributed by atoms with van der Waals surface area (Å²) in [4.78, 5) is 13.1. The zero-order valence-electron chi connectivity index (χ0n) is 9.37. The number of nitrogen functional groups attached to an aromatic ring is 1. The monoisotopic (exact) mass is 207 g/mol. The Labute approximate surface area is 90.1 Å². The van der Waals surface area contributed by atoms with E-state index in [1.54, 1.807) is 6.07 Å². The second-order valence-electron chi connectivity index (χ2n) is 3.57. The van der Waals surface area contributed by atoms with Gasteiger partial charge in [-0.1, -0.05) is 6.92 Å². The lowest BCUT2D eigenvalue weighted by atomic mass is 10.2. The second kappa shape index (κ2) is 4.68. The molecular weight excluding hydrogens is 190 g/mol. The van der Waals surface area contributed by atoms with Gasteiger partial charge in [-0.2, -0.15) is 0 Å². The summed E-state index contributed by atoms with van der Waals surface area (Å²) in [5, 5.41) is 2.76. The predicted molar refractivity (Wildman–Crippen MR) is 64.1 cm³/mol. The van der Waals surface area contributed by atoms with Gasteiger partial charge in [0.2, 0.25) is 5.91 Å². The van der Waals surface area contributed by atoms with Crippen molar-refractivity contribution in [1.82, 2.24) is 0 Å². The highest BCUT2D eigenvalue weighted by Gasteiger charge is 2.04. The minimum atomic E-state index is -0.00740. The number of carbonyl (C=O) groups is 1. The van der Waals surface area contributed by atoms with Crippen molar-refractivity contribution in [3.8, 4) is 0 Å². The van der Waals surface area contributed by atoms with E-state index in [4.69, 9.17) is 5.73 Å². The fourth-order valence-corrected chi connectivity index (χ4v) is 1.29. The lowest BCUT2D eigenvalue weighted by molar-refractivity contribution is -0.115. The number of benzene rings is 1. The van der Waals surface area contributed by atoms with Gasteiger partial charge in [0.15, 0.2) is 0 Å². The molecule has 0 saturated heterocycles. The molecule has 4 nitrogen and oxygen atoms in total. The molecule has 0 saturated carbocycles. The van der Waals surface area contributed by atoms with Crippen LogP contribution >= 0.6 is 0 Å². The van der Waals surface area contributed by atoms with Crippen LogP contribution in [-0.4, -0.2) is 20.0 Å². The van der Waals surface area contributed by atoms with Crippen LogP contribution in [0, 0.1) is 0 Å². The molecule has 0 radical (unpaired) electrons. The number of rotatable bonds is 3. The van der Waals surface area contributed by atoms with Gasteiger partial charge < -0.3 is 16.0 Å². The van der Waals surface area contributed by atoms with Crippen molar-refractivity contribution >= 4 is 23.0 Å². The van der Waals surface area contributed by atoms with Crippen LogP contribution in [-0.2, 0) is 4.79 Å². The minimum Gasteiger partial charge on any atom is -0.397 e. The Morgan fingerprint density at radius 2 is 2.13 bits per heavy atom. The quantitative estimate of drug-likeness (QED) is 0.741. The highest BCUT2D eigenvalue weighted by molar-refractivity contribution is 5.91. The summed E-state index contributed by atoms with van der Waals surface area (Å²) in [5.74, 6) is -0.00740. The Morgan fingerprint density at radius 1 is 1.47 bits per heavy atom. The van der Waals surface area contributed by atoms with Gasteiger partial charge >= 0.3 is 0 Å². The zero-order valence-corrected chi connectivity index (χ0v) is 9.37. The Hall–Kier alpha value is -1.71. The smallest absolute Gasteiger partial charge is 0.224 e. The van der Waals surface area contributed by atoms with E-state index in [2.05, 4.69) is 5.32 Å². The standard InChI is InChI=1S/C11H17N3O/c1-4-11(15)13-8-5-6-10(14(2)3)9(12)7-8/h5-7H,4,12H2,1-3H3,(H,13,15). The first-order valence-electron chi connectivity index (χ1n) is 4.91. The highest BCUT2D eigenvalue weighted by Crippen LogP contribution is 2.24. The van der Waals surface area contributed by atoms with E-state index in [9.17, 15) is 4.79 Å². The molecular formula is C11H17N3O. The first kappa shape index (κ1) is 11.4. The van der Waals surface area contributed by atoms with Crippen molar-refractivity contribution in [3.63, 3.8) is 0 Å². The molecule has 1 rings (SSSR count). The van der Waals surface area contributed by atoms with Crippen LogP contribution in [0.2, 0.25) is 0 Å². The molecule has 0 aliphatic rings. The van der Waals surface area contributed by atoms with Gasteiger partial charge in [0.05, 0.1) is 11.4 Å². The summed E-state index contributed by atoms with van der Waals surface area (Å²) in [6.07, 6.45) is 0.468. The van der Waals surface area contributed by atoms with Crippen molar-refractivity contribution in [2.24, 2.45) is 0 Å². The molecule has 0 unspecified atom stereocenters. The van der Waals surface area contributed by atoms with Crippen molar-refractivity contribution in [2.75, 3.05) is 30.0 Å². The van der Waals surface area contributed by atoms with E-state index in [1.807, 2.05) is 38.1 Å². The third kappa shape index (κ3) is 2.87. The van der Waals surface area contributed by atoms with Crippen LogP contribution < -0.4 is 16.0 Å². The first-order valence-corrected chi connectivity index (χ1v) is 4.91. The van der Waals surface area contributed by atoms with E-state index in [-0.39, 0.29) is 5.91 Å². The van der Waals surface area contributed by atoms with Crippen LogP contribution in [0.4, 0.5) is 17.1 Å². The number of hydrogen-bond acceptors (Lipinski definition) is 3. The number of hydrogen-bond donors (Lipinski definition) is 2. The Kier molecular flexibility index (Phi) is 3.55. The molecule has 0 aliphatic carbocycles. The lowest BCUT2D eigenvalue weighted by Gasteiger charge is -2.16. The molecule has 0 spiro atoms. The number of carbonyl (C=O) groups excluding carboxylic acids is 1. The third-order valence-electron chi connectivity index (χ3n) is 2.11. The molecule has 0 aromatic heterocycles. The van der Waals surface area contributed by atoms with Crippen LogP contribution in [0.5, 0.6) is 0 Å². The van der Waals surface area contributed by atoms with Crippen molar-refractivity contribution < 1.29 is 4.79 Å². The van der Waals surface area contributed by atoms with E-state index >= 15 is 0 Å². The molecule has 1 aromatic carbocycles. The normalized spacial score (nSPS) is 9.80. The fourth-order valence-electron chi connectivity index (χ4n) is 1.29. The Morgan fingerprint density at radius 3 is 2.60 bits per heavy atom. The first-order chi connectivity index (χ1) is 7.04. The van der Waals surface area contributed by atoms with Crippen molar-refractivity contribution in [2.45, 2.75) is 13.3 Å². The number of nitrogens with zero attached hydrogens (tertiary/aromatic N) is 1. The van der Waals surface area contributed by atoms with E-state index in [1.165, 1.54) is 0 Å². The maximum Gasteiger partial charge on any atom is 0.224 e. The summed E-state index contributed by atoms with van der Waals surface area (Å²) in [6.45, 7) is 1.81. The van der Waals surface area contributed by atoms with E-state index < -0.39 is 0 Å². The topological polar surface area (TPSA) is 58.4 Å². The summed E-state index contributed by atoms with van der Waals surface area (Å²) in [6, 6.07) is 5.50. The molecule has 0 atom stereocenters. The van der Waals surface area contributed by atoms with Crippen LogP contribution in [0.15, 0.2) is 18.2 Å². The van der Waals surface area contributed by atoms with Gasteiger partial charge in [0.25, 0.3) is 0 Å². The van der Waals surface area contributed by atoms with Crippen LogP contribution in [0.1, 0.15) is 13.3 Å². The van der Waals surface area contributed by atoms with Crippen LogP contribution in [0.25, 0.3) is 0 Å². The maximum absolute atomic E-state index is 11.1. The molecule has 0 aliphatic heterocycles.